The molecule has 0 aliphatic rings. The number of para-hydroxylation sites is 1. The van der Waals surface area contributed by atoms with Crippen molar-refractivity contribution in [3.05, 3.63) is 59.7 Å². The molecular weight excluding hydrogens is 320 g/mol. The van der Waals surface area contributed by atoms with Gasteiger partial charge < -0.3 is 10.5 Å². The number of hydrogen-bond acceptors (Lipinski definition) is 5. The summed E-state index contributed by atoms with van der Waals surface area (Å²) in [5.41, 5.74) is 5.35. The molecule has 0 aliphatic heterocycles. The molecule has 0 fully saturated rings. The summed E-state index contributed by atoms with van der Waals surface area (Å²) in [4.78, 5) is 23.0. The predicted octanol–water partition coefficient (Wildman–Crippen LogP) is 0.913. The first-order valence-electron chi connectivity index (χ1n) is 6.45. The van der Waals surface area contributed by atoms with Gasteiger partial charge in [-0.3, -0.25) is 9.59 Å². The van der Waals surface area contributed by atoms with Crippen molar-refractivity contribution in [2.24, 2.45) is 5.73 Å². The van der Waals surface area contributed by atoms with Crippen LogP contribution in [-0.4, -0.2) is 27.3 Å². The summed E-state index contributed by atoms with van der Waals surface area (Å²) in [7, 11) is -2.70. The fourth-order valence-corrected chi connectivity index (χ4v) is 2.83. The molecule has 0 aromatic heterocycles. The average molecular weight is 334 g/mol. The van der Waals surface area contributed by atoms with Crippen LogP contribution in [0.3, 0.4) is 0 Å². The van der Waals surface area contributed by atoms with Crippen molar-refractivity contribution in [1.29, 1.82) is 0 Å². The van der Waals surface area contributed by atoms with Gasteiger partial charge in [0.25, 0.3) is 15.9 Å². The van der Waals surface area contributed by atoms with Crippen LogP contribution in [0.15, 0.2) is 53.4 Å². The third kappa shape index (κ3) is 3.67. The summed E-state index contributed by atoms with van der Waals surface area (Å²) < 4.78 is 31.4. The van der Waals surface area contributed by atoms with Crippen LogP contribution in [0.4, 0.5) is 0 Å². The lowest BCUT2D eigenvalue weighted by Crippen LogP contribution is -2.30. The summed E-state index contributed by atoms with van der Waals surface area (Å²) in [6, 6.07) is 11.2. The highest BCUT2D eigenvalue weighted by Crippen LogP contribution is 2.18. The van der Waals surface area contributed by atoms with Gasteiger partial charge in [-0.2, -0.15) is 0 Å². The van der Waals surface area contributed by atoms with E-state index in [1.54, 1.807) is 18.2 Å². The van der Waals surface area contributed by atoms with Gasteiger partial charge in [0, 0.05) is 5.56 Å². The minimum absolute atomic E-state index is 0.0901. The van der Waals surface area contributed by atoms with Gasteiger partial charge in [-0.1, -0.05) is 12.1 Å². The van der Waals surface area contributed by atoms with Crippen LogP contribution in [0, 0.1) is 0 Å². The second kappa shape index (κ2) is 6.49. The molecule has 2 rings (SSSR count). The Balaban J connectivity index is 2.27. The zero-order chi connectivity index (χ0) is 17.0. The summed E-state index contributed by atoms with van der Waals surface area (Å²) in [6.07, 6.45) is 0. The minimum Gasteiger partial charge on any atom is -0.496 e. The Kier molecular flexibility index (Phi) is 4.65. The smallest absolute Gasteiger partial charge is 0.268 e. The van der Waals surface area contributed by atoms with Gasteiger partial charge in [-0.15, -0.1) is 0 Å². The monoisotopic (exact) mass is 334 g/mol. The fourth-order valence-electron chi connectivity index (χ4n) is 1.87. The van der Waals surface area contributed by atoms with Crippen LogP contribution in [0.2, 0.25) is 0 Å². The Morgan fingerprint density at radius 3 is 2.22 bits per heavy atom. The number of nitrogens with two attached hydrogens (primary N) is 1. The number of carbonyl (C=O) groups excluding carboxylic acids is 2. The molecule has 0 atom stereocenters. The normalized spacial score (nSPS) is 10.8. The molecule has 0 heterocycles. The molecule has 23 heavy (non-hydrogen) atoms. The van der Waals surface area contributed by atoms with Gasteiger partial charge in [0.1, 0.15) is 5.75 Å². The lowest BCUT2D eigenvalue weighted by Gasteiger charge is -2.10. The highest BCUT2D eigenvalue weighted by atomic mass is 32.2. The SMILES string of the molecule is COc1ccccc1C(=O)NS(=O)(=O)c1ccc(C(N)=O)cc1. The summed E-state index contributed by atoms with van der Waals surface area (Å²) >= 11 is 0. The topological polar surface area (TPSA) is 116 Å². The van der Waals surface area contributed by atoms with Crippen molar-refractivity contribution in [3.8, 4) is 5.75 Å². The van der Waals surface area contributed by atoms with E-state index in [9.17, 15) is 18.0 Å². The summed E-state index contributed by atoms with van der Waals surface area (Å²) in [5, 5.41) is 0. The molecule has 7 nitrogen and oxygen atoms in total. The van der Waals surface area contributed by atoms with Crippen LogP contribution in [-0.2, 0) is 10.0 Å². The first kappa shape index (κ1) is 16.5. The largest absolute Gasteiger partial charge is 0.496 e. The number of nitrogens with one attached hydrogen (secondary N) is 1. The molecule has 2 amide bonds. The Morgan fingerprint density at radius 2 is 1.65 bits per heavy atom. The molecule has 0 radical (unpaired) electrons. The van der Waals surface area contributed by atoms with Crippen molar-refractivity contribution < 1.29 is 22.7 Å². The number of carbonyl (C=O) groups is 2. The predicted molar refractivity (Wildman–Crippen MR) is 82.6 cm³/mol. The Hall–Kier alpha value is -2.87. The molecule has 2 aromatic carbocycles. The van der Waals surface area contributed by atoms with E-state index in [1.807, 2.05) is 4.72 Å². The van der Waals surface area contributed by atoms with E-state index < -0.39 is 21.8 Å². The Morgan fingerprint density at radius 1 is 1.04 bits per heavy atom. The maximum atomic E-state index is 12.2. The maximum absolute atomic E-state index is 12.2. The van der Waals surface area contributed by atoms with E-state index in [1.165, 1.54) is 37.4 Å². The Labute approximate surface area is 133 Å². The third-order valence-electron chi connectivity index (χ3n) is 3.03. The average Bonchev–Trinajstić information content (AvgIpc) is 2.54. The molecule has 0 bridgehead atoms. The molecule has 3 N–H and O–H groups in total. The van der Waals surface area contributed by atoms with E-state index in [-0.39, 0.29) is 21.8 Å². The number of methoxy groups -OCH3 is 1. The number of ether oxygens (including phenoxy) is 1. The molecule has 0 unspecified atom stereocenters. The quantitative estimate of drug-likeness (QED) is 0.843. The van der Waals surface area contributed by atoms with Gasteiger partial charge >= 0.3 is 0 Å². The lowest BCUT2D eigenvalue weighted by atomic mass is 10.2. The molecule has 0 saturated carbocycles. The van der Waals surface area contributed by atoms with Gasteiger partial charge in [0.05, 0.1) is 17.6 Å². The Bertz CT molecular complexity index is 844. The van der Waals surface area contributed by atoms with Crippen molar-refractivity contribution in [2.45, 2.75) is 4.90 Å². The van der Waals surface area contributed by atoms with Crippen LogP contribution in [0.5, 0.6) is 5.75 Å². The van der Waals surface area contributed by atoms with Crippen LogP contribution in [0.25, 0.3) is 0 Å². The zero-order valence-corrected chi connectivity index (χ0v) is 13.0. The first-order chi connectivity index (χ1) is 10.8. The van der Waals surface area contributed by atoms with E-state index in [4.69, 9.17) is 10.5 Å². The molecule has 2 aromatic rings. The molecule has 120 valence electrons. The van der Waals surface area contributed by atoms with Crippen molar-refractivity contribution in [2.75, 3.05) is 7.11 Å². The molecule has 8 heteroatoms. The second-order valence-corrected chi connectivity index (χ2v) is 6.21. The number of sulfonamides is 1. The lowest BCUT2D eigenvalue weighted by molar-refractivity contribution is 0.0975. The van der Waals surface area contributed by atoms with Crippen LogP contribution >= 0.6 is 0 Å². The number of primary amides is 1. The second-order valence-electron chi connectivity index (χ2n) is 4.52. The van der Waals surface area contributed by atoms with Gasteiger partial charge in [-0.25, -0.2) is 13.1 Å². The van der Waals surface area contributed by atoms with E-state index >= 15 is 0 Å². The number of benzene rings is 2. The summed E-state index contributed by atoms with van der Waals surface area (Å²) in [5.74, 6) is -1.24. The van der Waals surface area contributed by atoms with Crippen molar-refractivity contribution in [3.63, 3.8) is 0 Å². The third-order valence-corrected chi connectivity index (χ3v) is 4.37. The van der Waals surface area contributed by atoms with Crippen LogP contribution < -0.4 is 15.2 Å². The minimum atomic E-state index is -4.08. The highest BCUT2D eigenvalue weighted by Gasteiger charge is 2.21. The van der Waals surface area contributed by atoms with Gasteiger partial charge in [0.2, 0.25) is 5.91 Å². The van der Waals surface area contributed by atoms with Crippen molar-refractivity contribution in [1.82, 2.24) is 4.72 Å². The van der Waals surface area contributed by atoms with Crippen LogP contribution in [0.1, 0.15) is 20.7 Å². The van der Waals surface area contributed by atoms with Crippen molar-refractivity contribution >= 4 is 21.8 Å². The standard InChI is InChI=1S/C15H14N2O5S/c1-22-13-5-3-2-4-12(13)15(19)17-23(20,21)11-8-6-10(7-9-11)14(16)18/h2-9H,1H3,(H2,16,18)(H,17,19). The number of amides is 2. The fraction of sp³-hybridized carbons (Fsp3) is 0.0667. The number of rotatable bonds is 5. The van der Waals surface area contributed by atoms with E-state index in [0.717, 1.165) is 0 Å². The first-order valence-corrected chi connectivity index (χ1v) is 7.93. The maximum Gasteiger partial charge on any atom is 0.268 e. The zero-order valence-electron chi connectivity index (χ0n) is 12.1. The number of hydrogen-bond donors (Lipinski definition) is 2. The summed E-state index contributed by atoms with van der Waals surface area (Å²) in [6.45, 7) is 0. The van der Waals surface area contributed by atoms with E-state index in [0.29, 0.717) is 0 Å². The molecular formula is C15H14N2O5S. The molecule has 0 saturated heterocycles. The van der Waals surface area contributed by atoms with Gasteiger partial charge in [0.15, 0.2) is 0 Å². The van der Waals surface area contributed by atoms with Gasteiger partial charge in [-0.05, 0) is 36.4 Å². The molecule has 0 aliphatic carbocycles. The highest BCUT2D eigenvalue weighted by molar-refractivity contribution is 7.90. The van der Waals surface area contributed by atoms with E-state index in [2.05, 4.69) is 0 Å². The molecule has 0 spiro atoms.